The molecule has 1 aromatic heterocycles. The number of nitrogens with zero attached hydrogens (tertiary/aromatic N) is 2. The van der Waals surface area contributed by atoms with Crippen LogP contribution in [0.3, 0.4) is 0 Å². The van der Waals surface area contributed by atoms with Crippen molar-refractivity contribution in [1.82, 2.24) is 9.97 Å². The molecule has 104 valence electrons. The maximum atomic E-state index is 10.9. The maximum Gasteiger partial charge on any atom is 0.354 e. The summed E-state index contributed by atoms with van der Waals surface area (Å²) in [5, 5.41) is 8.92. The Morgan fingerprint density at radius 2 is 2.05 bits per heavy atom. The molecular weight excluding hydrogens is 256 g/mol. The lowest BCUT2D eigenvalue weighted by molar-refractivity contribution is 0.0689. The highest BCUT2D eigenvalue weighted by Crippen LogP contribution is 2.30. The number of benzene rings is 1. The van der Waals surface area contributed by atoms with Crippen molar-refractivity contribution >= 4 is 5.97 Å². The van der Waals surface area contributed by atoms with Gasteiger partial charge in [-0.15, -0.1) is 0 Å². The van der Waals surface area contributed by atoms with E-state index in [2.05, 4.69) is 23.8 Å². The molecule has 2 rings (SSSR count). The molecule has 20 heavy (non-hydrogen) atoms. The Bertz CT molecular complexity index is 639. The maximum absolute atomic E-state index is 10.9. The van der Waals surface area contributed by atoms with E-state index in [1.165, 1.54) is 12.3 Å². The average Bonchev–Trinajstić information content (AvgIpc) is 2.38. The van der Waals surface area contributed by atoms with E-state index in [1.807, 2.05) is 25.1 Å². The summed E-state index contributed by atoms with van der Waals surface area (Å²) in [6.45, 7) is 6.09. The Balaban J connectivity index is 2.36. The summed E-state index contributed by atoms with van der Waals surface area (Å²) in [4.78, 5) is 18.7. The zero-order valence-corrected chi connectivity index (χ0v) is 11.6. The smallest absolute Gasteiger partial charge is 0.354 e. The minimum atomic E-state index is -1.11. The quantitative estimate of drug-likeness (QED) is 0.923. The SMILES string of the molecule is Cc1ccc(C(C)C)c(Oc2nccc(C(=O)O)n2)c1. The normalized spacial score (nSPS) is 10.6. The van der Waals surface area contributed by atoms with Crippen molar-refractivity contribution in [2.45, 2.75) is 26.7 Å². The van der Waals surface area contributed by atoms with Crippen molar-refractivity contribution in [3.05, 3.63) is 47.3 Å². The lowest BCUT2D eigenvalue weighted by Gasteiger charge is -2.13. The third-order valence-corrected chi connectivity index (χ3v) is 2.84. The molecule has 0 aliphatic heterocycles. The third kappa shape index (κ3) is 3.12. The molecule has 1 aromatic carbocycles. The zero-order valence-electron chi connectivity index (χ0n) is 11.6. The first kappa shape index (κ1) is 14.0. The Kier molecular flexibility index (Phi) is 3.98. The second-order valence-electron chi connectivity index (χ2n) is 4.83. The van der Waals surface area contributed by atoms with Gasteiger partial charge < -0.3 is 9.84 Å². The van der Waals surface area contributed by atoms with Gasteiger partial charge >= 0.3 is 12.0 Å². The van der Waals surface area contributed by atoms with Crippen LogP contribution in [-0.4, -0.2) is 21.0 Å². The molecule has 5 heteroatoms. The van der Waals surface area contributed by atoms with Crippen molar-refractivity contribution < 1.29 is 14.6 Å². The third-order valence-electron chi connectivity index (χ3n) is 2.84. The molecular formula is C15H16N2O3. The van der Waals surface area contributed by atoms with E-state index in [4.69, 9.17) is 9.84 Å². The lowest BCUT2D eigenvalue weighted by atomic mass is 10.0. The van der Waals surface area contributed by atoms with E-state index in [9.17, 15) is 4.79 Å². The van der Waals surface area contributed by atoms with Gasteiger partial charge in [0.15, 0.2) is 5.69 Å². The number of rotatable bonds is 4. The Morgan fingerprint density at radius 1 is 1.30 bits per heavy atom. The highest BCUT2D eigenvalue weighted by Gasteiger charge is 2.12. The van der Waals surface area contributed by atoms with Gasteiger partial charge in [0.05, 0.1) is 0 Å². The van der Waals surface area contributed by atoms with Crippen LogP contribution < -0.4 is 4.74 Å². The van der Waals surface area contributed by atoms with Gasteiger partial charge in [-0.1, -0.05) is 26.0 Å². The number of ether oxygens (including phenoxy) is 1. The van der Waals surface area contributed by atoms with Crippen molar-refractivity contribution in [3.63, 3.8) is 0 Å². The van der Waals surface area contributed by atoms with E-state index in [-0.39, 0.29) is 17.6 Å². The fourth-order valence-electron chi connectivity index (χ4n) is 1.81. The molecule has 0 fully saturated rings. The molecule has 1 N–H and O–H groups in total. The fourth-order valence-corrected chi connectivity index (χ4v) is 1.81. The van der Waals surface area contributed by atoms with Crippen LogP contribution in [0.4, 0.5) is 0 Å². The summed E-state index contributed by atoms with van der Waals surface area (Å²) < 4.78 is 5.66. The molecule has 0 spiro atoms. The van der Waals surface area contributed by atoms with Crippen molar-refractivity contribution in [2.24, 2.45) is 0 Å². The second-order valence-corrected chi connectivity index (χ2v) is 4.83. The zero-order chi connectivity index (χ0) is 14.7. The van der Waals surface area contributed by atoms with Gasteiger partial charge in [-0.05, 0) is 36.1 Å². The van der Waals surface area contributed by atoms with Crippen LogP contribution in [0, 0.1) is 6.92 Å². The van der Waals surface area contributed by atoms with Crippen LogP contribution in [-0.2, 0) is 0 Å². The van der Waals surface area contributed by atoms with E-state index in [0.29, 0.717) is 5.75 Å². The number of carboxylic acid groups (broad SMARTS) is 1. The first-order valence-electron chi connectivity index (χ1n) is 6.32. The van der Waals surface area contributed by atoms with E-state index >= 15 is 0 Å². The molecule has 0 atom stereocenters. The predicted molar refractivity (Wildman–Crippen MR) is 74.3 cm³/mol. The van der Waals surface area contributed by atoms with E-state index < -0.39 is 5.97 Å². The fraction of sp³-hybridized carbons (Fsp3) is 0.267. The first-order valence-corrected chi connectivity index (χ1v) is 6.32. The second kappa shape index (κ2) is 5.69. The number of aromatic nitrogens is 2. The van der Waals surface area contributed by atoms with Gasteiger partial charge in [0.2, 0.25) is 0 Å². The molecule has 0 saturated carbocycles. The van der Waals surface area contributed by atoms with E-state index in [0.717, 1.165) is 11.1 Å². The highest BCUT2D eigenvalue weighted by molar-refractivity contribution is 5.85. The Hall–Kier alpha value is -2.43. The largest absolute Gasteiger partial charge is 0.477 e. The summed E-state index contributed by atoms with van der Waals surface area (Å²) >= 11 is 0. The van der Waals surface area contributed by atoms with Gasteiger partial charge in [0, 0.05) is 6.20 Å². The van der Waals surface area contributed by atoms with Crippen LogP contribution in [0.15, 0.2) is 30.5 Å². The summed E-state index contributed by atoms with van der Waals surface area (Å²) in [6, 6.07) is 7.27. The molecule has 0 saturated heterocycles. The summed E-state index contributed by atoms with van der Waals surface area (Å²) in [6.07, 6.45) is 1.37. The number of aromatic carboxylic acids is 1. The highest BCUT2D eigenvalue weighted by atomic mass is 16.5. The Labute approximate surface area is 117 Å². The lowest BCUT2D eigenvalue weighted by Crippen LogP contribution is -2.03. The van der Waals surface area contributed by atoms with Crippen molar-refractivity contribution in [1.29, 1.82) is 0 Å². The molecule has 0 radical (unpaired) electrons. The van der Waals surface area contributed by atoms with Crippen molar-refractivity contribution in [3.8, 4) is 11.8 Å². The number of carboxylic acids is 1. The standard InChI is InChI=1S/C15H16N2O3/c1-9(2)11-5-4-10(3)8-13(11)20-15-16-7-6-12(17-15)14(18)19/h4-9H,1-3H3,(H,18,19). The predicted octanol–water partition coefficient (Wildman–Crippen LogP) is 3.40. The average molecular weight is 272 g/mol. The van der Waals surface area contributed by atoms with Gasteiger partial charge in [0.25, 0.3) is 0 Å². The van der Waals surface area contributed by atoms with Crippen molar-refractivity contribution in [2.75, 3.05) is 0 Å². The van der Waals surface area contributed by atoms with Gasteiger partial charge in [-0.3, -0.25) is 0 Å². The molecule has 0 bridgehead atoms. The number of aryl methyl sites for hydroxylation is 1. The topological polar surface area (TPSA) is 72.3 Å². The number of carbonyl (C=O) groups is 1. The van der Waals surface area contributed by atoms with Gasteiger partial charge in [0.1, 0.15) is 5.75 Å². The summed E-state index contributed by atoms with van der Waals surface area (Å²) in [7, 11) is 0. The summed E-state index contributed by atoms with van der Waals surface area (Å²) in [5.74, 6) is -0.165. The van der Waals surface area contributed by atoms with Crippen LogP contribution in [0.25, 0.3) is 0 Å². The molecule has 0 aliphatic carbocycles. The first-order chi connectivity index (χ1) is 9.47. The number of hydrogen-bond donors (Lipinski definition) is 1. The van der Waals surface area contributed by atoms with Gasteiger partial charge in [-0.25, -0.2) is 9.78 Å². The van der Waals surface area contributed by atoms with Crippen LogP contribution >= 0.6 is 0 Å². The molecule has 5 nitrogen and oxygen atoms in total. The van der Waals surface area contributed by atoms with Crippen LogP contribution in [0.5, 0.6) is 11.8 Å². The van der Waals surface area contributed by atoms with E-state index in [1.54, 1.807) is 0 Å². The molecule has 1 heterocycles. The summed E-state index contributed by atoms with van der Waals surface area (Å²) in [5.41, 5.74) is 1.99. The number of hydrogen-bond acceptors (Lipinski definition) is 4. The minimum absolute atomic E-state index is 0.0393. The molecule has 0 unspecified atom stereocenters. The monoisotopic (exact) mass is 272 g/mol. The minimum Gasteiger partial charge on any atom is -0.477 e. The molecule has 0 aliphatic rings. The molecule has 2 aromatic rings. The Morgan fingerprint density at radius 3 is 2.70 bits per heavy atom. The van der Waals surface area contributed by atoms with Gasteiger partial charge in [-0.2, -0.15) is 4.98 Å². The van der Waals surface area contributed by atoms with Crippen LogP contribution in [0.1, 0.15) is 41.4 Å². The molecule has 0 amide bonds. The van der Waals surface area contributed by atoms with Crippen LogP contribution in [0.2, 0.25) is 0 Å².